The zero-order valence-corrected chi connectivity index (χ0v) is 7.57. The third-order valence-electron chi connectivity index (χ3n) is 1.89. The van der Waals surface area contributed by atoms with Gasteiger partial charge in [0.15, 0.2) is 5.69 Å². The van der Waals surface area contributed by atoms with Crippen LogP contribution in [0.4, 0.5) is 5.82 Å². The SMILES string of the molecule is Nn1nnc(-c2ccccc2)c1[N+](=O)[O-]. The van der Waals surface area contributed by atoms with Gasteiger partial charge in [0.05, 0.1) is 5.21 Å². The summed E-state index contributed by atoms with van der Waals surface area (Å²) in [7, 11) is 0. The Morgan fingerprint density at radius 3 is 2.60 bits per heavy atom. The van der Waals surface area contributed by atoms with Crippen LogP contribution in [0.15, 0.2) is 30.3 Å². The molecular formula is C8H7N5O2. The summed E-state index contributed by atoms with van der Waals surface area (Å²) in [6.07, 6.45) is 0. The molecule has 0 atom stereocenters. The number of aromatic nitrogens is 3. The van der Waals surface area contributed by atoms with E-state index in [-0.39, 0.29) is 11.5 Å². The maximum Gasteiger partial charge on any atom is 0.397 e. The molecule has 1 aromatic heterocycles. The molecule has 0 fully saturated rings. The minimum Gasteiger partial charge on any atom is -0.358 e. The molecule has 1 heterocycles. The highest BCUT2D eigenvalue weighted by molar-refractivity contribution is 5.66. The van der Waals surface area contributed by atoms with Crippen molar-refractivity contribution < 1.29 is 4.92 Å². The molecule has 2 rings (SSSR count). The van der Waals surface area contributed by atoms with Crippen molar-refractivity contribution in [3.63, 3.8) is 0 Å². The number of hydrogen-bond donors (Lipinski definition) is 1. The number of rotatable bonds is 2. The Kier molecular flexibility index (Phi) is 2.05. The first kappa shape index (κ1) is 9.13. The zero-order chi connectivity index (χ0) is 10.8. The predicted octanol–water partition coefficient (Wildman–Crippen LogP) is 0.567. The van der Waals surface area contributed by atoms with Crippen molar-refractivity contribution in [2.45, 2.75) is 0 Å². The normalized spacial score (nSPS) is 10.1. The Bertz CT molecular complexity index is 493. The van der Waals surface area contributed by atoms with Gasteiger partial charge in [0.1, 0.15) is 0 Å². The Balaban J connectivity index is 2.59. The van der Waals surface area contributed by atoms with Crippen molar-refractivity contribution in [2.75, 3.05) is 5.84 Å². The van der Waals surface area contributed by atoms with E-state index in [0.29, 0.717) is 10.4 Å². The number of nitro groups is 1. The summed E-state index contributed by atoms with van der Waals surface area (Å²) in [6, 6.07) is 8.74. The number of nitrogen functional groups attached to an aromatic ring is 1. The Hall–Kier alpha value is -2.44. The van der Waals surface area contributed by atoms with Crippen LogP contribution in [0, 0.1) is 10.1 Å². The third-order valence-corrected chi connectivity index (χ3v) is 1.89. The van der Waals surface area contributed by atoms with Gasteiger partial charge in [-0.05, 0) is 9.71 Å². The van der Waals surface area contributed by atoms with Crippen molar-refractivity contribution in [1.82, 2.24) is 15.1 Å². The molecular weight excluding hydrogens is 198 g/mol. The zero-order valence-electron chi connectivity index (χ0n) is 7.57. The quantitative estimate of drug-likeness (QED) is 0.438. The summed E-state index contributed by atoms with van der Waals surface area (Å²) in [5.41, 5.74) is 0.781. The van der Waals surface area contributed by atoms with Crippen LogP contribution in [-0.2, 0) is 0 Å². The minimum absolute atomic E-state index is 0.170. The monoisotopic (exact) mass is 205 g/mol. The Morgan fingerprint density at radius 1 is 1.33 bits per heavy atom. The van der Waals surface area contributed by atoms with Crippen LogP contribution in [0.5, 0.6) is 0 Å². The van der Waals surface area contributed by atoms with Crippen LogP contribution in [0.3, 0.4) is 0 Å². The van der Waals surface area contributed by atoms with Crippen LogP contribution in [0.2, 0.25) is 0 Å². The highest BCUT2D eigenvalue weighted by Gasteiger charge is 2.23. The highest BCUT2D eigenvalue weighted by Crippen LogP contribution is 2.25. The smallest absolute Gasteiger partial charge is 0.358 e. The maximum absolute atomic E-state index is 10.7. The summed E-state index contributed by atoms with van der Waals surface area (Å²) < 4.78 is 0. The molecule has 0 aliphatic rings. The van der Waals surface area contributed by atoms with Gasteiger partial charge >= 0.3 is 5.82 Å². The molecule has 7 heteroatoms. The lowest BCUT2D eigenvalue weighted by Gasteiger charge is -1.96. The van der Waals surface area contributed by atoms with Crippen LogP contribution >= 0.6 is 0 Å². The largest absolute Gasteiger partial charge is 0.397 e. The highest BCUT2D eigenvalue weighted by atomic mass is 16.6. The molecule has 0 amide bonds. The number of nitrogens with zero attached hydrogens (tertiary/aromatic N) is 4. The maximum atomic E-state index is 10.7. The van der Waals surface area contributed by atoms with E-state index in [1.807, 2.05) is 6.07 Å². The fourth-order valence-corrected chi connectivity index (χ4v) is 1.24. The lowest BCUT2D eigenvalue weighted by Crippen LogP contribution is -2.13. The van der Waals surface area contributed by atoms with Crippen molar-refractivity contribution in [1.29, 1.82) is 0 Å². The van der Waals surface area contributed by atoms with Gasteiger partial charge in [0.2, 0.25) is 0 Å². The molecule has 0 radical (unpaired) electrons. The summed E-state index contributed by atoms with van der Waals surface area (Å²) in [5, 5.41) is 17.8. The molecule has 0 unspecified atom stereocenters. The van der Waals surface area contributed by atoms with Crippen LogP contribution in [0.25, 0.3) is 11.3 Å². The average Bonchev–Trinajstić information content (AvgIpc) is 2.61. The molecule has 1 aromatic carbocycles. The molecule has 0 bridgehead atoms. The molecule has 7 nitrogen and oxygen atoms in total. The van der Waals surface area contributed by atoms with Gasteiger partial charge in [-0.1, -0.05) is 30.3 Å². The Morgan fingerprint density at radius 2 is 2.00 bits per heavy atom. The Labute approximate surface area is 84.2 Å². The van der Waals surface area contributed by atoms with Crippen LogP contribution in [-0.4, -0.2) is 20.0 Å². The van der Waals surface area contributed by atoms with E-state index in [1.165, 1.54) is 0 Å². The molecule has 0 saturated carbocycles. The van der Waals surface area contributed by atoms with E-state index < -0.39 is 4.92 Å². The second-order valence-electron chi connectivity index (χ2n) is 2.83. The number of nitrogens with two attached hydrogens (primary N) is 1. The van der Waals surface area contributed by atoms with E-state index in [2.05, 4.69) is 10.3 Å². The summed E-state index contributed by atoms with van der Waals surface area (Å²) >= 11 is 0. The van der Waals surface area contributed by atoms with Crippen molar-refractivity contribution >= 4 is 5.82 Å². The second-order valence-corrected chi connectivity index (χ2v) is 2.83. The fraction of sp³-hybridized carbons (Fsp3) is 0. The third kappa shape index (κ3) is 1.50. The van der Waals surface area contributed by atoms with Gasteiger partial charge < -0.3 is 10.1 Å². The lowest BCUT2D eigenvalue weighted by atomic mass is 10.1. The molecule has 2 N–H and O–H groups in total. The van der Waals surface area contributed by atoms with Crippen LogP contribution in [0.1, 0.15) is 0 Å². The van der Waals surface area contributed by atoms with Gasteiger partial charge in [0.25, 0.3) is 0 Å². The fourth-order valence-electron chi connectivity index (χ4n) is 1.24. The molecule has 0 saturated heterocycles. The van der Waals surface area contributed by atoms with E-state index >= 15 is 0 Å². The summed E-state index contributed by atoms with van der Waals surface area (Å²) in [4.78, 5) is 10.7. The molecule has 0 spiro atoms. The first-order chi connectivity index (χ1) is 7.20. The molecule has 2 aromatic rings. The van der Waals surface area contributed by atoms with Gasteiger partial charge in [-0.25, -0.2) is 5.84 Å². The minimum atomic E-state index is -0.609. The second kappa shape index (κ2) is 3.37. The standard InChI is InChI=1S/C8H7N5O2/c9-12-8(13(14)15)7(10-11-12)6-4-2-1-3-5-6/h1-5H,9H2. The van der Waals surface area contributed by atoms with E-state index in [9.17, 15) is 10.1 Å². The first-order valence-corrected chi connectivity index (χ1v) is 4.10. The van der Waals surface area contributed by atoms with Gasteiger partial charge in [-0.3, -0.25) is 0 Å². The predicted molar refractivity (Wildman–Crippen MR) is 52.3 cm³/mol. The molecule has 15 heavy (non-hydrogen) atoms. The van der Waals surface area contributed by atoms with E-state index in [1.54, 1.807) is 24.3 Å². The molecule has 76 valence electrons. The van der Waals surface area contributed by atoms with E-state index in [0.717, 1.165) is 0 Å². The average molecular weight is 205 g/mol. The summed E-state index contributed by atoms with van der Waals surface area (Å²) in [5.74, 6) is 4.96. The van der Waals surface area contributed by atoms with Crippen molar-refractivity contribution in [2.24, 2.45) is 0 Å². The molecule has 0 aliphatic heterocycles. The van der Waals surface area contributed by atoms with E-state index in [4.69, 9.17) is 5.84 Å². The molecule has 0 aliphatic carbocycles. The number of benzene rings is 1. The summed E-state index contributed by atoms with van der Waals surface area (Å²) in [6.45, 7) is 0. The number of hydrogen-bond acceptors (Lipinski definition) is 5. The van der Waals surface area contributed by atoms with Crippen molar-refractivity contribution in [3.05, 3.63) is 40.4 Å². The first-order valence-electron chi connectivity index (χ1n) is 4.10. The topological polar surface area (TPSA) is 99.9 Å². The lowest BCUT2D eigenvalue weighted by molar-refractivity contribution is -0.391. The van der Waals surface area contributed by atoms with Crippen LogP contribution < -0.4 is 5.84 Å². The van der Waals surface area contributed by atoms with Gasteiger partial charge in [0, 0.05) is 5.56 Å². The van der Waals surface area contributed by atoms with Gasteiger partial charge in [-0.15, -0.1) is 5.10 Å². The van der Waals surface area contributed by atoms with Crippen molar-refractivity contribution in [3.8, 4) is 11.3 Å². The van der Waals surface area contributed by atoms with Gasteiger partial charge in [-0.2, -0.15) is 0 Å².